The number of nitrogens with two attached hydrogens (primary N) is 1. The van der Waals surface area contributed by atoms with E-state index >= 15 is 0 Å². The van der Waals surface area contributed by atoms with Gasteiger partial charge in [0.05, 0.1) is 5.56 Å². The number of aromatic nitrogens is 3. The van der Waals surface area contributed by atoms with E-state index in [1.54, 1.807) is 12.1 Å². The molecule has 1 fully saturated rings. The van der Waals surface area contributed by atoms with E-state index in [-0.39, 0.29) is 11.9 Å². The van der Waals surface area contributed by atoms with Gasteiger partial charge < -0.3 is 10.6 Å². The molecule has 3 rings (SSSR count). The largest absolute Gasteiger partial charge is 0.339 e. The van der Waals surface area contributed by atoms with Crippen LogP contribution in [-0.4, -0.2) is 34.3 Å². The van der Waals surface area contributed by atoms with E-state index in [2.05, 4.69) is 36.0 Å². The minimum Gasteiger partial charge on any atom is -0.339 e. The molecule has 0 atom stereocenters. The molecule has 7 heteroatoms. The first-order chi connectivity index (χ1) is 9.63. The van der Waals surface area contributed by atoms with Crippen molar-refractivity contribution in [2.24, 2.45) is 5.73 Å². The van der Waals surface area contributed by atoms with Gasteiger partial charge >= 0.3 is 0 Å². The number of rotatable bonds is 2. The first-order valence-electron chi connectivity index (χ1n) is 6.52. The quantitative estimate of drug-likeness (QED) is 0.880. The van der Waals surface area contributed by atoms with Crippen LogP contribution in [0.2, 0.25) is 0 Å². The standard InChI is InChI=1S/C13H15BrFN5/c14-8-1-2-10(11(15)7-8)12-17-13(19-18-12)20-5-3-9(16)4-6-20/h1-2,7,9H,3-6,16H2,(H,17,18,19). The van der Waals surface area contributed by atoms with Gasteiger partial charge in [0.25, 0.3) is 0 Å². The van der Waals surface area contributed by atoms with Crippen molar-refractivity contribution in [2.45, 2.75) is 18.9 Å². The molecular weight excluding hydrogens is 325 g/mol. The average Bonchev–Trinajstić information content (AvgIpc) is 2.89. The van der Waals surface area contributed by atoms with Crippen LogP contribution >= 0.6 is 15.9 Å². The summed E-state index contributed by atoms with van der Waals surface area (Å²) >= 11 is 3.24. The number of piperidine rings is 1. The summed E-state index contributed by atoms with van der Waals surface area (Å²) < 4.78 is 14.6. The highest BCUT2D eigenvalue weighted by Crippen LogP contribution is 2.24. The third kappa shape index (κ3) is 2.69. The van der Waals surface area contributed by atoms with Gasteiger partial charge in [0.1, 0.15) is 5.82 Å². The molecule has 1 aliphatic rings. The van der Waals surface area contributed by atoms with Gasteiger partial charge in [-0.1, -0.05) is 15.9 Å². The van der Waals surface area contributed by atoms with Crippen LogP contribution in [0.25, 0.3) is 11.4 Å². The third-order valence-corrected chi connectivity index (χ3v) is 3.98. The Morgan fingerprint density at radius 3 is 2.80 bits per heavy atom. The number of hydrogen-bond acceptors (Lipinski definition) is 4. The van der Waals surface area contributed by atoms with Crippen LogP contribution in [0, 0.1) is 5.82 Å². The fourth-order valence-corrected chi connectivity index (χ4v) is 2.63. The predicted molar refractivity (Wildman–Crippen MR) is 78.9 cm³/mol. The molecule has 0 spiro atoms. The topological polar surface area (TPSA) is 70.8 Å². The number of nitrogens with zero attached hydrogens (tertiary/aromatic N) is 3. The van der Waals surface area contributed by atoms with Crippen LogP contribution in [0.1, 0.15) is 12.8 Å². The zero-order valence-corrected chi connectivity index (χ0v) is 12.4. The number of aromatic amines is 1. The molecule has 0 amide bonds. The second-order valence-corrected chi connectivity index (χ2v) is 5.85. The Balaban J connectivity index is 1.83. The highest BCUT2D eigenvalue weighted by atomic mass is 79.9. The number of hydrogen-bond donors (Lipinski definition) is 2. The molecule has 0 bridgehead atoms. The van der Waals surface area contributed by atoms with E-state index in [0.29, 0.717) is 21.8 Å². The molecule has 1 saturated heterocycles. The van der Waals surface area contributed by atoms with Gasteiger partial charge in [-0.2, -0.15) is 4.98 Å². The average molecular weight is 340 g/mol. The number of halogens is 2. The van der Waals surface area contributed by atoms with Crippen molar-refractivity contribution in [3.8, 4) is 11.4 Å². The van der Waals surface area contributed by atoms with Gasteiger partial charge in [-0.05, 0) is 31.0 Å². The lowest BCUT2D eigenvalue weighted by Crippen LogP contribution is -2.40. The molecule has 106 valence electrons. The highest BCUT2D eigenvalue weighted by Gasteiger charge is 2.20. The van der Waals surface area contributed by atoms with Gasteiger partial charge in [-0.15, -0.1) is 5.10 Å². The van der Waals surface area contributed by atoms with Gasteiger partial charge in [0.15, 0.2) is 5.82 Å². The van der Waals surface area contributed by atoms with Gasteiger partial charge in [0, 0.05) is 23.6 Å². The zero-order chi connectivity index (χ0) is 14.1. The molecule has 1 aliphatic heterocycles. The summed E-state index contributed by atoms with van der Waals surface area (Å²) in [7, 11) is 0. The lowest BCUT2D eigenvalue weighted by Gasteiger charge is -2.28. The summed E-state index contributed by atoms with van der Waals surface area (Å²) in [5.41, 5.74) is 6.29. The normalized spacial score (nSPS) is 16.6. The lowest BCUT2D eigenvalue weighted by atomic mass is 10.1. The fraction of sp³-hybridized carbons (Fsp3) is 0.385. The van der Waals surface area contributed by atoms with E-state index in [1.807, 2.05) is 0 Å². The monoisotopic (exact) mass is 339 g/mol. The summed E-state index contributed by atoms with van der Waals surface area (Å²) in [6, 6.07) is 5.13. The fourth-order valence-electron chi connectivity index (χ4n) is 2.30. The minimum absolute atomic E-state index is 0.258. The van der Waals surface area contributed by atoms with Crippen molar-refractivity contribution in [2.75, 3.05) is 18.0 Å². The lowest BCUT2D eigenvalue weighted by molar-refractivity contribution is 0.496. The summed E-state index contributed by atoms with van der Waals surface area (Å²) in [4.78, 5) is 6.45. The van der Waals surface area contributed by atoms with Crippen LogP contribution in [0.3, 0.4) is 0 Å². The van der Waals surface area contributed by atoms with E-state index in [1.165, 1.54) is 6.07 Å². The molecule has 1 aromatic heterocycles. The maximum Gasteiger partial charge on any atom is 0.245 e. The SMILES string of the molecule is NC1CCN(c2n[nH]c(-c3ccc(Br)cc3F)n2)CC1. The summed E-state index contributed by atoms with van der Waals surface area (Å²) in [6.45, 7) is 1.67. The molecule has 2 aromatic rings. The maximum absolute atomic E-state index is 13.9. The number of benzene rings is 1. The number of nitrogens with one attached hydrogen (secondary N) is 1. The molecule has 0 radical (unpaired) electrons. The van der Waals surface area contributed by atoms with E-state index in [9.17, 15) is 4.39 Å². The summed E-state index contributed by atoms with van der Waals surface area (Å²) in [6.07, 6.45) is 1.85. The molecule has 5 nitrogen and oxygen atoms in total. The van der Waals surface area contributed by atoms with Crippen LogP contribution in [0.5, 0.6) is 0 Å². The van der Waals surface area contributed by atoms with Crippen molar-refractivity contribution in [3.63, 3.8) is 0 Å². The van der Waals surface area contributed by atoms with Crippen molar-refractivity contribution in [1.29, 1.82) is 0 Å². The molecule has 0 aliphatic carbocycles. The van der Waals surface area contributed by atoms with E-state index in [0.717, 1.165) is 25.9 Å². The Morgan fingerprint density at radius 2 is 2.10 bits per heavy atom. The minimum atomic E-state index is -0.331. The molecule has 0 unspecified atom stereocenters. The Labute approximate surface area is 124 Å². The third-order valence-electron chi connectivity index (χ3n) is 3.48. The predicted octanol–water partition coefficient (Wildman–Crippen LogP) is 2.30. The number of anilines is 1. The van der Waals surface area contributed by atoms with Crippen LogP contribution in [-0.2, 0) is 0 Å². The van der Waals surface area contributed by atoms with Crippen molar-refractivity contribution in [3.05, 3.63) is 28.5 Å². The van der Waals surface area contributed by atoms with Crippen LogP contribution in [0.15, 0.2) is 22.7 Å². The van der Waals surface area contributed by atoms with Crippen molar-refractivity contribution < 1.29 is 4.39 Å². The Hall–Kier alpha value is -1.47. The van der Waals surface area contributed by atoms with E-state index < -0.39 is 0 Å². The highest BCUT2D eigenvalue weighted by molar-refractivity contribution is 9.10. The second-order valence-electron chi connectivity index (χ2n) is 4.93. The molecule has 20 heavy (non-hydrogen) atoms. The van der Waals surface area contributed by atoms with Gasteiger partial charge in [-0.3, -0.25) is 5.10 Å². The Morgan fingerprint density at radius 1 is 1.35 bits per heavy atom. The first-order valence-corrected chi connectivity index (χ1v) is 7.31. The van der Waals surface area contributed by atoms with Gasteiger partial charge in [-0.25, -0.2) is 4.39 Å². The maximum atomic E-state index is 13.9. The molecule has 0 saturated carbocycles. The first kappa shape index (κ1) is 13.5. The Kier molecular flexibility index (Phi) is 3.71. The molecule has 3 N–H and O–H groups in total. The Bertz CT molecular complexity index is 607. The number of H-pyrrole nitrogens is 1. The van der Waals surface area contributed by atoms with Crippen molar-refractivity contribution in [1.82, 2.24) is 15.2 Å². The zero-order valence-electron chi connectivity index (χ0n) is 10.8. The van der Waals surface area contributed by atoms with Crippen LogP contribution < -0.4 is 10.6 Å². The smallest absolute Gasteiger partial charge is 0.245 e. The van der Waals surface area contributed by atoms with Crippen molar-refractivity contribution >= 4 is 21.9 Å². The summed E-state index contributed by atoms with van der Waals surface area (Å²) in [5, 5.41) is 6.98. The molecular formula is C13H15BrFN5. The molecule has 1 aromatic carbocycles. The van der Waals surface area contributed by atoms with Gasteiger partial charge in [0.2, 0.25) is 5.95 Å². The van der Waals surface area contributed by atoms with E-state index in [4.69, 9.17) is 5.73 Å². The second kappa shape index (κ2) is 5.49. The van der Waals surface area contributed by atoms with Crippen LogP contribution in [0.4, 0.5) is 10.3 Å². The summed E-state index contributed by atoms with van der Waals surface area (Å²) in [5.74, 6) is 0.719. The molecule has 2 heterocycles.